The normalized spacial score (nSPS) is 10.0. The molecule has 108 valence electrons. The quantitative estimate of drug-likeness (QED) is 0.883. The van der Waals surface area contributed by atoms with Crippen LogP contribution in [0.3, 0.4) is 0 Å². The minimum absolute atomic E-state index is 0.0869. The number of methoxy groups -OCH3 is 1. The van der Waals surface area contributed by atoms with Crippen LogP contribution >= 0.6 is 11.6 Å². The van der Waals surface area contributed by atoms with E-state index in [0.717, 1.165) is 6.07 Å². The Balaban J connectivity index is 2.20. The Hall–Kier alpha value is -2.40. The van der Waals surface area contributed by atoms with Gasteiger partial charge in [-0.3, -0.25) is 4.79 Å². The molecule has 2 rings (SSSR count). The molecule has 0 heterocycles. The first-order valence-electron chi connectivity index (χ1n) is 5.96. The summed E-state index contributed by atoms with van der Waals surface area (Å²) in [5, 5.41) is 2.48. The summed E-state index contributed by atoms with van der Waals surface area (Å²) in [5.74, 6) is -1.54. The second-order valence-electron chi connectivity index (χ2n) is 4.16. The Morgan fingerprint density at radius 3 is 2.52 bits per heavy atom. The topological polar surface area (TPSA) is 55.4 Å². The number of anilines is 1. The molecule has 2 aromatic carbocycles. The lowest BCUT2D eigenvalue weighted by molar-refractivity contribution is 0.0600. The fraction of sp³-hybridized carbons (Fsp3) is 0.0667. The molecule has 0 aliphatic rings. The highest BCUT2D eigenvalue weighted by atomic mass is 35.5. The van der Waals surface area contributed by atoms with Crippen LogP contribution in [0.25, 0.3) is 0 Å². The molecule has 0 saturated heterocycles. The molecule has 2 aromatic rings. The van der Waals surface area contributed by atoms with Crippen molar-refractivity contribution in [3.63, 3.8) is 0 Å². The summed E-state index contributed by atoms with van der Waals surface area (Å²) in [5.41, 5.74) is 0.899. The number of carbonyl (C=O) groups is 2. The lowest BCUT2D eigenvalue weighted by atomic mass is 10.1. The highest BCUT2D eigenvalue weighted by Crippen LogP contribution is 2.20. The molecule has 21 heavy (non-hydrogen) atoms. The summed E-state index contributed by atoms with van der Waals surface area (Å²) in [4.78, 5) is 23.5. The zero-order valence-corrected chi connectivity index (χ0v) is 11.8. The Bertz CT molecular complexity index is 703. The van der Waals surface area contributed by atoms with Crippen molar-refractivity contribution in [2.45, 2.75) is 0 Å². The first-order chi connectivity index (χ1) is 10.0. The smallest absolute Gasteiger partial charge is 0.337 e. The van der Waals surface area contributed by atoms with Crippen molar-refractivity contribution >= 4 is 29.2 Å². The molecule has 0 aromatic heterocycles. The molecule has 1 N–H and O–H groups in total. The van der Waals surface area contributed by atoms with Crippen LogP contribution in [-0.4, -0.2) is 19.0 Å². The number of hydrogen-bond acceptors (Lipinski definition) is 3. The summed E-state index contributed by atoms with van der Waals surface area (Å²) in [7, 11) is 1.26. The minimum atomic E-state index is -0.567. The van der Waals surface area contributed by atoms with E-state index in [2.05, 4.69) is 10.1 Å². The zero-order chi connectivity index (χ0) is 15.4. The van der Waals surface area contributed by atoms with Gasteiger partial charge >= 0.3 is 5.97 Å². The summed E-state index contributed by atoms with van der Waals surface area (Å²) in [6.45, 7) is 0. The molecule has 0 atom stereocenters. The maximum atomic E-state index is 13.0. The van der Waals surface area contributed by atoms with Gasteiger partial charge in [0.15, 0.2) is 0 Å². The van der Waals surface area contributed by atoms with Crippen LogP contribution in [0.1, 0.15) is 20.7 Å². The Morgan fingerprint density at radius 1 is 1.14 bits per heavy atom. The van der Waals surface area contributed by atoms with E-state index in [0.29, 0.717) is 5.69 Å². The summed E-state index contributed by atoms with van der Waals surface area (Å²) in [6.07, 6.45) is 0. The van der Waals surface area contributed by atoms with E-state index in [1.54, 1.807) is 12.1 Å². The van der Waals surface area contributed by atoms with E-state index < -0.39 is 17.7 Å². The molecule has 0 aliphatic heterocycles. The van der Waals surface area contributed by atoms with E-state index in [9.17, 15) is 14.0 Å². The number of benzene rings is 2. The summed E-state index contributed by atoms with van der Waals surface area (Å²) in [6, 6.07) is 9.92. The van der Waals surface area contributed by atoms with Crippen LogP contribution in [0, 0.1) is 5.82 Å². The zero-order valence-electron chi connectivity index (χ0n) is 11.0. The van der Waals surface area contributed by atoms with Crippen molar-refractivity contribution in [1.82, 2.24) is 0 Å². The standard InChI is InChI=1S/C15H11ClFNO3/c1-21-15(20)10-4-2-3-9(7-10)14(19)18-11-5-6-13(17)12(16)8-11/h2-8H,1H3,(H,18,19). The van der Waals surface area contributed by atoms with Crippen LogP contribution in [0.15, 0.2) is 42.5 Å². The molecule has 0 bridgehead atoms. The van der Waals surface area contributed by atoms with Gasteiger partial charge in [0, 0.05) is 11.3 Å². The van der Waals surface area contributed by atoms with E-state index in [1.165, 1.54) is 31.4 Å². The molecule has 0 unspecified atom stereocenters. The average molecular weight is 308 g/mol. The SMILES string of the molecule is COC(=O)c1cccc(C(=O)Nc2ccc(F)c(Cl)c2)c1. The number of amides is 1. The van der Waals surface area contributed by atoms with Crippen molar-refractivity contribution in [1.29, 1.82) is 0 Å². The Morgan fingerprint density at radius 2 is 1.86 bits per heavy atom. The number of hydrogen-bond donors (Lipinski definition) is 1. The maximum absolute atomic E-state index is 13.0. The van der Waals surface area contributed by atoms with E-state index >= 15 is 0 Å². The molecular formula is C15H11ClFNO3. The predicted molar refractivity (Wildman–Crippen MR) is 77.1 cm³/mol. The van der Waals surface area contributed by atoms with Crippen LogP contribution in [0.5, 0.6) is 0 Å². The number of halogens is 2. The third-order valence-corrected chi connectivity index (χ3v) is 3.01. The molecular weight excluding hydrogens is 297 g/mol. The van der Waals surface area contributed by atoms with Gasteiger partial charge in [-0.05, 0) is 36.4 Å². The van der Waals surface area contributed by atoms with Crippen molar-refractivity contribution in [3.05, 3.63) is 64.4 Å². The largest absolute Gasteiger partial charge is 0.465 e. The van der Waals surface area contributed by atoms with Gasteiger partial charge in [-0.25, -0.2) is 9.18 Å². The van der Waals surface area contributed by atoms with Crippen LogP contribution < -0.4 is 5.32 Å². The van der Waals surface area contributed by atoms with E-state index in [1.807, 2.05) is 0 Å². The first kappa shape index (κ1) is 15.0. The Kier molecular flexibility index (Phi) is 4.55. The van der Waals surface area contributed by atoms with E-state index in [4.69, 9.17) is 11.6 Å². The van der Waals surface area contributed by atoms with Gasteiger partial charge in [-0.15, -0.1) is 0 Å². The van der Waals surface area contributed by atoms with Crippen molar-refractivity contribution in [2.24, 2.45) is 0 Å². The first-order valence-corrected chi connectivity index (χ1v) is 6.34. The van der Waals surface area contributed by atoms with Gasteiger partial charge in [-0.1, -0.05) is 17.7 Å². The van der Waals surface area contributed by atoms with Crippen LogP contribution in [-0.2, 0) is 4.74 Å². The fourth-order valence-corrected chi connectivity index (χ4v) is 1.86. The van der Waals surface area contributed by atoms with Gasteiger partial charge in [0.05, 0.1) is 17.7 Å². The number of rotatable bonds is 3. The van der Waals surface area contributed by atoms with Gasteiger partial charge in [0.2, 0.25) is 0 Å². The monoisotopic (exact) mass is 307 g/mol. The average Bonchev–Trinajstić information content (AvgIpc) is 2.50. The highest BCUT2D eigenvalue weighted by Gasteiger charge is 2.11. The van der Waals surface area contributed by atoms with E-state index in [-0.39, 0.29) is 16.1 Å². The number of nitrogens with one attached hydrogen (secondary N) is 1. The van der Waals surface area contributed by atoms with Gasteiger partial charge < -0.3 is 10.1 Å². The van der Waals surface area contributed by atoms with Crippen molar-refractivity contribution in [2.75, 3.05) is 12.4 Å². The molecule has 1 amide bonds. The molecule has 0 saturated carbocycles. The number of esters is 1. The third kappa shape index (κ3) is 3.58. The highest BCUT2D eigenvalue weighted by molar-refractivity contribution is 6.31. The van der Waals surface area contributed by atoms with Crippen LogP contribution in [0.4, 0.5) is 10.1 Å². The van der Waals surface area contributed by atoms with Crippen molar-refractivity contribution < 1.29 is 18.7 Å². The predicted octanol–water partition coefficient (Wildman–Crippen LogP) is 3.52. The fourth-order valence-electron chi connectivity index (χ4n) is 1.68. The van der Waals surface area contributed by atoms with Crippen molar-refractivity contribution in [3.8, 4) is 0 Å². The summed E-state index contributed by atoms with van der Waals surface area (Å²) >= 11 is 5.64. The third-order valence-electron chi connectivity index (χ3n) is 2.72. The maximum Gasteiger partial charge on any atom is 0.337 e. The van der Waals surface area contributed by atoms with Gasteiger partial charge in [0.25, 0.3) is 5.91 Å². The van der Waals surface area contributed by atoms with Gasteiger partial charge in [-0.2, -0.15) is 0 Å². The molecule has 0 fully saturated rings. The Labute approximate surface area is 125 Å². The van der Waals surface area contributed by atoms with Gasteiger partial charge in [0.1, 0.15) is 5.82 Å². The second kappa shape index (κ2) is 6.37. The molecule has 0 spiro atoms. The molecule has 4 nitrogen and oxygen atoms in total. The molecule has 6 heteroatoms. The lowest BCUT2D eigenvalue weighted by Gasteiger charge is -2.07. The minimum Gasteiger partial charge on any atom is -0.465 e. The number of carbonyl (C=O) groups excluding carboxylic acids is 2. The van der Waals surface area contributed by atoms with Crippen LogP contribution in [0.2, 0.25) is 5.02 Å². The summed E-state index contributed by atoms with van der Waals surface area (Å²) < 4.78 is 17.6. The second-order valence-corrected chi connectivity index (χ2v) is 4.56. The number of ether oxygens (including phenoxy) is 1. The lowest BCUT2D eigenvalue weighted by Crippen LogP contribution is -2.13. The molecule has 0 aliphatic carbocycles. The molecule has 0 radical (unpaired) electrons.